The number of nitrogens with zero attached hydrogens (tertiary/aromatic N) is 3. The largest absolute Gasteiger partial charge is 0.495 e. The summed E-state index contributed by atoms with van der Waals surface area (Å²) in [7, 11) is 1.47. The molecule has 1 N–H and O–H groups in total. The van der Waals surface area contributed by atoms with Crippen LogP contribution in [0.25, 0.3) is 16.4 Å². The van der Waals surface area contributed by atoms with E-state index < -0.39 is 18.5 Å². The number of ether oxygens (including phenoxy) is 2. The molecule has 2 aromatic carbocycles. The maximum absolute atomic E-state index is 12.6. The lowest BCUT2D eigenvalue weighted by Crippen LogP contribution is -2.21. The monoisotopic (exact) mass is 468 g/mol. The number of amides is 1. The Hall–Kier alpha value is -3.69. The molecule has 0 saturated carbocycles. The third-order valence-corrected chi connectivity index (χ3v) is 5.40. The van der Waals surface area contributed by atoms with Crippen LogP contribution in [0.2, 0.25) is 5.02 Å². The Morgan fingerprint density at radius 3 is 2.66 bits per heavy atom. The molecule has 0 saturated heterocycles. The second-order valence-electron chi connectivity index (χ2n) is 6.45. The smallest absolute Gasteiger partial charge is 0.378 e. The number of rotatable bonds is 7. The van der Waals surface area contributed by atoms with Crippen LogP contribution in [0.15, 0.2) is 66.0 Å². The van der Waals surface area contributed by atoms with Crippen LogP contribution >= 0.6 is 22.9 Å². The van der Waals surface area contributed by atoms with E-state index in [4.69, 9.17) is 21.1 Å². The quantitative estimate of drug-likeness (QED) is 0.402. The Morgan fingerprint density at radius 2 is 1.94 bits per heavy atom. The van der Waals surface area contributed by atoms with Gasteiger partial charge in [-0.15, -0.1) is 16.4 Å². The van der Waals surface area contributed by atoms with E-state index in [1.807, 2.05) is 47.8 Å². The van der Waals surface area contributed by atoms with Gasteiger partial charge in [0.25, 0.3) is 11.7 Å². The molecule has 0 aliphatic heterocycles. The fourth-order valence-electron chi connectivity index (χ4n) is 2.87. The number of thiophene rings is 1. The highest BCUT2D eigenvalue weighted by molar-refractivity contribution is 7.13. The van der Waals surface area contributed by atoms with Crippen molar-refractivity contribution in [1.29, 1.82) is 0 Å². The minimum Gasteiger partial charge on any atom is -0.495 e. The molecular weight excluding hydrogens is 452 g/mol. The number of carbonyl (C=O) groups is 2. The van der Waals surface area contributed by atoms with Crippen molar-refractivity contribution in [3.05, 3.63) is 76.9 Å². The van der Waals surface area contributed by atoms with Gasteiger partial charge in [-0.25, -0.2) is 9.48 Å². The number of nitrogens with one attached hydrogen (secondary N) is 1. The van der Waals surface area contributed by atoms with Crippen molar-refractivity contribution < 1.29 is 19.1 Å². The highest BCUT2D eigenvalue weighted by atomic mass is 35.5. The predicted octanol–water partition coefficient (Wildman–Crippen LogP) is 4.45. The van der Waals surface area contributed by atoms with E-state index in [1.54, 1.807) is 16.8 Å². The average molecular weight is 469 g/mol. The Bertz CT molecular complexity index is 1240. The first-order valence-electron chi connectivity index (χ1n) is 9.42. The highest BCUT2D eigenvalue weighted by Gasteiger charge is 2.21. The van der Waals surface area contributed by atoms with Crippen molar-refractivity contribution >= 4 is 40.5 Å². The molecule has 10 heteroatoms. The molecule has 0 unspecified atom stereocenters. The summed E-state index contributed by atoms with van der Waals surface area (Å²) < 4.78 is 11.9. The molecule has 0 aliphatic rings. The van der Waals surface area contributed by atoms with Gasteiger partial charge >= 0.3 is 5.97 Å². The maximum atomic E-state index is 12.6. The van der Waals surface area contributed by atoms with Crippen LogP contribution in [0.4, 0.5) is 5.69 Å². The normalized spacial score (nSPS) is 10.6. The highest BCUT2D eigenvalue weighted by Crippen LogP contribution is 2.28. The zero-order valence-electron chi connectivity index (χ0n) is 16.8. The van der Waals surface area contributed by atoms with Gasteiger partial charge in [-0.05, 0) is 41.8 Å². The summed E-state index contributed by atoms with van der Waals surface area (Å²) in [6, 6.07) is 17.9. The number of anilines is 1. The third-order valence-electron chi connectivity index (χ3n) is 4.30. The van der Waals surface area contributed by atoms with Crippen molar-refractivity contribution in [3.63, 3.8) is 0 Å². The Labute approximate surface area is 192 Å². The second-order valence-corrected chi connectivity index (χ2v) is 7.84. The van der Waals surface area contributed by atoms with Gasteiger partial charge in [0.2, 0.25) is 0 Å². The molecule has 4 rings (SSSR count). The number of hydrogen-bond acceptors (Lipinski definition) is 7. The van der Waals surface area contributed by atoms with Gasteiger partial charge < -0.3 is 14.8 Å². The Kier molecular flexibility index (Phi) is 6.48. The molecule has 32 heavy (non-hydrogen) atoms. The van der Waals surface area contributed by atoms with E-state index in [2.05, 4.69) is 15.4 Å². The van der Waals surface area contributed by atoms with Crippen LogP contribution in [0.1, 0.15) is 10.6 Å². The van der Waals surface area contributed by atoms with E-state index in [9.17, 15) is 9.59 Å². The van der Waals surface area contributed by atoms with Crippen molar-refractivity contribution in [1.82, 2.24) is 14.8 Å². The number of carbonyl (C=O) groups excluding carboxylic acids is 2. The number of aromatic nitrogens is 3. The zero-order valence-corrected chi connectivity index (χ0v) is 18.4. The lowest BCUT2D eigenvalue weighted by molar-refractivity contribution is -0.119. The molecule has 8 nitrogen and oxygen atoms in total. The van der Waals surface area contributed by atoms with Gasteiger partial charge in [0.1, 0.15) is 5.75 Å². The number of halogens is 1. The molecule has 162 valence electrons. The molecular formula is C22H17ClN4O4S. The van der Waals surface area contributed by atoms with Crippen molar-refractivity contribution in [3.8, 4) is 22.1 Å². The topological polar surface area (TPSA) is 95.3 Å². The van der Waals surface area contributed by atoms with E-state index in [1.165, 1.54) is 24.5 Å². The molecule has 0 fully saturated rings. The first kappa shape index (κ1) is 21.5. The average Bonchev–Trinajstić information content (AvgIpc) is 3.48. The lowest BCUT2D eigenvalue weighted by Gasteiger charge is -2.10. The van der Waals surface area contributed by atoms with E-state index in [0.717, 1.165) is 10.6 Å². The SMILES string of the molecule is COc1ccc(Cl)cc1NC(=O)COC(=O)c1nc(-c2cccs2)n(-c2ccccc2)n1. The molecule has 0 spiro atoms. The molecule has 2 heterocycles. The van der Waals surface area contributed by atoms with E-state index in [0.29, 0.717) is 22.3 Å². The Morgan fingerprint density at radius 1 is 1.12 bits per heavy atom. The summed E-state index contributed by atoms with van der Waals surface area (Å²) in [6.45, 7) is -0.525. The number of methoxy groups -OCH3 is 1. The van der Waals surface area contributed by atoms with Crippen molar-refractivity contribution in [2.75, 3.05) is 19.0 Å². The molecule has 0 atom stereocenters. The molecule has 0 aliphatic carbocycles. The second kappa shape index (κ2) is 9.63. The van der Waals surface area contributed by atoms with Gasteiger partial charge in [-0.3, -0.25) is 4.79 Å². The Balaban J connectivity index is 1.49. The summed E-state index contributed by atoms with van der Waals surface area (Å²) in [5.41, 5.74) is 1.11. The number of para-hydroxylation sites is 1. The molecule has 0 radical (unpaired) electrons. The lowest BCUT2D eigenvalue weighted by atomic mass is 10.3. The van der Waals surface area contributed by atoms with Crippen molar-refractivity contribution in [2.24, 2.45) is 0 Å². The van der Waals surface area contributed by atoms with Crippen LogP contribution in [0, 0.1) is 0 Å². The third kappa shape index (κ3) is 4.79. The summed E-state index contributed by atoms with van der Waals surface area (Å²) in [5.74, 6) is -0.583. The summed E-state index contributed by atoms with van der Waals surface area (Å²) >= 11 is 7.44. The summed E-state index contributed by atoms with van der Waals surface area (Å²) in [6.07, 6.45) is 0. The summed E-state index contributed by atoms with van der Waals surface area (Å²) in [5, 5.41) is 9.24. The van der Waals surface area contributed by atoms with E-state index in [-0.39, 0.29) is 5.82 Å². The van der Waals surface area contributed by atoms with Gasteiger partial charge in [-0.2, -0.15) is 4.98 Å². The predicted molar refractivity (Wildman–Crippen MR) is 122 cm³/mol. The number of hydrogen-bond donors (Lipinski definition) is 1. The van der Waals surface area contributed by atoms with Crippen LogP contribution in [0.5, 0.6) is 5.75 Å². The fraction of sp³-hybridized carbons (Fsp3) is 0.0909. The van der Waals surface area contributed by atoms with Gasteiger partial charge in [0.05, 0.1) is 23.4 Å². The van der Waals surface area contributed by atoms with Gasteiger partial charge in [0.15, 0.2) is 12.4 Å². The number of benzene rings is 2. The minimum absolute atomic E-state index is 0.148. The number of esters is 1. The first-order valence-corrected chi connectivity index (χ1v) is 10.7. The molecule has 4 aromatic rings. The molecule has 1 amide bonds. The maximum Gasteiger partial charge on any atom is 0.378 e. The van der Waals surface area contributed by atoms with Gasteiger partial charge in [0, 0.05) is 5.02 Å². The summed E-state index contributed by atoms with van der Waals surface area (Å²) in [4.78, 5) is 30.0. The van der Waals surface area contributed by atoms with Crippen LogP contribution in [-0.4, -0.2) is 40.4 Å². The zero-order chi connectivity index (χ0) is 22.5. The standard InChI is InChI=1S/C22H17ClN4O4S/c1-30-17-10-9-14(23)12-16(17)24-19(28)13-31-22(29)20-25-21(18-8-5-11-32-18)27(26-20)15-6-3-2-4-7-15/h2-12H,13H2,1H3,(H,24,28). The fourth-order valence-corrected chi connectivity index (χ4v) is 3.74. The van der Waals surface area contributed by atoms with Crippen LogP contribution < -0.4 is 10.1 Å². The van der Waals surface area contributed by atoms with Crippen LogP contribution in [-0.2, 0) is 9.53 Å². The molecule has 0 bridgehead atoms. The van der Waals surface area contributed by atoms with Gasteiger partial charge in [-0.1, -0.05) is 35.9 Å². The van der Waals surface area contributed by atoms with Crippen molar-refractivity contribution in [2.45, 2.75) is 0 Å². The molecule has 2 aromatic heterocycles. The minimum atomic E-state index is -0.814. The first-order chi connectivity index (χ1) is 15.5. The van der Waals surface area contributed by atoms with E-state index >= 15 is 0 Å². The van der Waals surface area contributed by atoms with Crippen LogP contribution in [0.3, 0.4) is 0 Å².